The van der Waals surface area contributed by atoms with Crippen molar-refractivity contribution in [2.45, 2.75) is 97.9 Å². The molecule has 1 saturated carbocycles. The molecule has 5 rings (SSSR count). The van der Waals surface area contributed by atoms with Crippen molar-refractivity contribution in [1.82, 2.24) is 0 Å². The molecule has 0 N–H and O–H groups in total. The first-order valence-corrected chi connectivity index (χ1v) is 11.6. The summed E-state index contributed by atoms with van der Waals surface area (Å²) >= 11 is 0. The molecule has 5 aliphatic rings. The van der Waals surface area contributed by atoms with Gasteiger partial charge in [-0.2, -0.15) is 0 Å². The molecule has 166 valence electrons. The minimum atomic E-state index is -0.878. The molecule has 0 spiro atoms. The molecule has 0 unspecified atom stereocenters. The zero-order valence-electron chi connectivity index (χ0n) is 19.5. The van der Waals surface area contributed by atoms with Crippen LogP contribution in [0.15, 0.2) is 22.8 Å². The molecule has 0 bridgehead atoms. The molecule has 2 aliphatic heterocycles. The molecule has 2 heterocycles. The van der Waals surface area contributed by atoms with E-state index in [1.807, 2.05) is 13.8 Å². The highest BCUT2D eigenvalue weighted by molar-refractivity contribution is 5.68. The largest absolute Gasteiger partial charge is 0.426 e. The maximum atomic E-state index is 12.0. The van der Waals surface area contributed by atoms with Crippen molar-refractivity contribution in [2.24, 2.45) is 22.7 Å². The lowest BCUT2D eigenvalue weighted by atomic mass is 9.65. The molecule has 0 amide bonds. The zero-order valence-corrected chi connectivity index (χ0v) is 19.5. The van der Waals surface area contributed by atoms with Crippen LogP contribution in [-0.2, 0) is 23.7 Å². The summed E-state index contributed by atoms with van der Waals surface area (Å²) < 4.78 is 24.5. The molecule has 2 saturated heterocycles. The highest BCUT2D eigenvalue weighted by Crippen LogP contribution is 2.71. The number of fused-ring (bicyclic) bond motifs is 5. The molecular weight excluding hydrogens is 380 g/mol. The average molecular weight is 417 g/mol. The lowest BCUT2D eigenvalue weighted by Crippen LogP contribution is -2.45. The van der Waals surface area contributed by atoms with Gasteiger partial charge in [0.1, 0.15) is 6.10 Å². The topological polar surface area (TPSA) is 57.3 Å². The number of carbonyl (C=O) groups is 1. The first kappa shape index (κ1) is 20.7. The summed E-state index contributed by atoms with van der Waals surface area (Å²) in [7, 11) is 0. The summed E-state index contributed by atoms with van der Waals surface area (Å²) in [6.07, 6.45) is 6.73. The van der Waals surface area contributed by atoms with E-state index >= 15 is 0 Å². The summed E-state index contributed by atoms with van der Waals surface area (Å²) in [5.41, 5.74) is 3.81. The van der Waals surface area contributed by atoms with Gasteiger partial charge in [-0.15, -0.1) is 0 Å². The van der Waals surface area contributed by atoms with Crippen LogP contribution in [-0.4, -0.2) is 36.4 Å². The van der Waals surface area contributed by atoms with E-state index in [0.717, 1.165) is 31.3 Å². The second kappa shape index (κ2) is 6.20. The quantitative estimate of drug-likeness (QED) is 0.473. The number of hydrogen-bond donors (Lipinski definition) is 0. The van der Waals surface area contributed by atoms with Gasteiger partial charge in [0.2, 0.25) is 0 Å². The Morgan fingerprint density at radius 2 is 1.87 bits per heavy atom. The van der Waals surface area contributed by atoms with Crippen molar-refractivity contribution in [3.05, 3.63) is 22.8 Å². The molecular formula is C25H36O5. The number of rotatable bonds is 2. The van der Waals surface area contributed by atoms with Crippen LogP contribution in [0.3, 0.4) is 0 Å². The first-order chi connectivity index (χ1) is 13.9. The normalized spacial score (nSPS) is 46.3. The average Bonchev–Trinajstić information content (AvgIpc) is 3.28. The van der Waals surface area contributed by atoms with Crippen LogP contribution in [0, 0.1) is 22.7 Å². The molecule has 3 aliphatic carbocycles. The van der Waals surface area contributed by atoms with Crippen LogP contribution in [0.2, 0.25) is 0 Å². The Labute approximate surface area is 180 Å². The minimum absolute atomic E-state index is 0.0361. The van der Waals surface area contributed by atoms with Gasteiger partial charge in [0, 0.05) is 23.8 Å². The Hall–Kier alpha value is -1.17. The van der Waals surface area contributed by atoms with Gasteiger partial charge in [0.05, 0.1) is 12.7 Å². The summed E-state index contributed by atoms with van der Waals surface area (Å²) in [6.45, 7) is 15.4. The van der Waals surface area contributed by atoms with Gasteiger partial charge < -0.3 is 18.9 Å². The number of esters is 1. The Morgan fingerprint density at radius 1 is 1.13 bits per heavy atom. The van der Waals surface area contributed by atoms with E-state index in [2.05, 4.69) is 33.8 Å². The molecule has 0 radical (unpaired) electrons. The number of ether oxygens (including phenoxy) is 4. The maximum absolute atomic E-state index is 12.0. The van der Waals surface area contributed by atoms with Crippen molar-refractivity contribution in [1.29, 1.82) is 0 Å². The monoisotopic (exact) mass is 416 g/mol. The molecule has 0 aromatic rings. The molecule has 5 nitrogen and oxygen atoms in total. The van der Waals surface area contributed by atoms with Gasteiger partial charge in [-0.25, -0.2) is 0 Å². The summed E-state index contributed by atoms with van der Waals surface area (Å²) in [5.74, 6) is -0.914. The highest BCUT2D eigenvalue weighted by Gasteiger charge is 2.78. The van der Waals surface area contributed by atoms with Crippen LogP contribution in [0.25, 0.3) is 0 Å². The Bertz CT molecular complexity index is 854. The zero-order chi connectivity index (χ0) is 21.7. The Morgan fingerprint density at radius 3 is 2.53 bits per heavy atom. The number of carbonyl (C=O) groups excluding carboxylic acids is 1. The van der Waals surface area contributed by atoms with Crippen molar-refractivity contribution in [2.75, 3.05) is 6.61 Å². The van der Waals surface area contributed by atoms with E-state index in [9.17, 15) is 4.79 Å². The Balaban J connectivity index is 1.67. The molecule has 3 fully saturated rings. The van der Waals surface area contributed by atoms with Crippen LogP contribution >= 0.6 is 0 Å². The molecule has 0 aromatic heterocycles. The molecule has 0 aromatic carbocycles. The van der Waals surface area contributed by atoms with Gasteiger partial charge in [0.15, 0.2) is 5.79 Å². The SMILES string of the molecule is CC(=O)O[C@@]12O[C@@H]1[C@H](C(C)C)[C@@]1(C)CC[C@]3(C)CC[C@@H]4OC(C)(C)OCC4=C3C=C21. The predicted octanol–water partition coefficient (Wildman–Crippen LogP) is 4.91. The first-order valence-electron chi connectivity index (χ1n) is 11.6. The lowest BCUT2D eigenvalue weighted by Gasteiger charge is -2.46. The van der Waals surface area contributed by atoms with Crippen LogP contribution in [0.1, 0.15) is 74.1 Å². The molecule has 6 atom stereocenters. The number of epoxide rings is 1. The van der Waals surface area contributed by atoms with Crippen molar-refractivity contribution in [3.63, 3.8) is 0 Å². The predicted molar refractivity (Wildman–Crippen MR) is 112 cm³/mol. The number of allylic oxidation sites excluding steroid dienone is 2. The third-order valence-corrected chi connectivity index (χ3v) is 8.51. The highest BCUT2D eigenvalue weighted by atomic mass is 16.8. The van der Waals surface area contributed by atoms with Gasteiger partial charge in [-0.1, -0.05) is 33.8 Å². The fourth-order valence-electron chi connectivity index (χ4n) is 7.05. The van der Waals surface area contributed by atoms with E-state index in [-0.39, 0.29) is 29.0 Å². The smallest absolute Gasteiger partial charge is 0.305 e. The maximum Gasteiger partial charge on any atom is 0.305 e. The van der Waals surface area contributed by atoms with E-state index in [0.29, 0.717) is 18.4 Å². The molecule has 30 heavy (non-hydrogen) atoms. The fourth-order valence-corrected chi connectivity index (χ4v) is 7.05. The minimum Gasteiger partial charge on any atom is -0.426 e. The second-order valence-corrected chi connectivity index (χ2v) is 11.4. The lowest BCUT2D eigenvalue weighted by molar-refractivity contribution is -0.255. The third kappa shape index (κ3) is 2.74. The number of hydrogen-bond acceptors (Lipinski definition) is 5. The van der Waals surface area contributed by atoms with Crippen molar-refractivity contribution in [3.8, 4) is 0 Å². The van der Waals surface area contributed by atoms with Crippen LogP contribution in [0.4, 0.5) is 0 Å². The summed E-state index contributed by atoms with van der Waals surface area (Å²) in [6, 6.07) is 0. The van der Waals surface area contributed by atoms with E-state index < -0.39 is 11.6 Å². The van der Waals surface area contributed by atoms with E-state index in [1.54, 1.807) is 0 Å². The van der Waals surface area contributed by atoms with E-state index in [1.165, 1.54) is 18.1 Å². The standard InChI is InChI=1S/C25H36O5/c1-14(2)20-21-25(30-21,28-15(3)26)19-12-17-16-13-27-22(4,5)29-18(16)8-9-23(17,6)10-11-24(19,20)7/h12,14,18,20-21H,8-11,13H2,1-7H3/t18-,20-,21+,23-,24-,25-/m0/s1. The van der Waals surface area contributed by atoms with Gasteiger partial charge in [-0.3, -0.25) is 4.79 Å². The van der Waals surface area contributed by atoms with Crippen molar-refractivity contribution < 1.29 is 23.7 Å². The van der Waals surface area contributed by atoms with Crippen molar-refractivity contribution >= 4 is 5.97 Å². The Kier molecular flexibility index (Phi) is 4.28. The molecule has 5 heteroatoms. The third-order valence-electron chi connectivity index (χ3n) is 8.51. The fraction of sp³-hybridized carbons (Fsp3) is 0.800. The second-order valence-electron chi connectivity index (χ2n) is 11.4. The summed E-state index contributed by atoms with van der Waals surface area (Å²) in [5, 5.41) is 0. The van der Waals surface area contributed by atoms with Crippen LogP contribution in [0.5, 0.6) is 0 Å². The van der Waals surface area contributed by atoms with Gasteiger partial charge >= 0.3 is 5.97 Å². The van der Waals surface area contributed by atoms with Gasteiger partial charge in [-0.05, 0) is 62.0 Å². The van der Waals surface area contributed by atoms with E-state index in [4.69, 9.17) is 18.9 Å². The van der Waals surface area contributed by atoms with Gasteiger partial charge in [0.25, 0.3) is 5.79 Å². The van der Waals surface area contributed by atoms with Crippen LogP contribution < -0.4 is 0 Å². The summed E-state index contributed by atoms with van der Waals surface area (Å²) in [4.78, 5) is 12.0.